The largest absolute Gasteiger partial charge is 0.387 e. The minimum atomic E-state index is -0.921. The van der Waals surface area contributed by atoms with Crippen LogP contribution in [-0.2, 0) is 0 Å². The molecule has 96 valence electrons. The quantitative estimate of drug-likeness (QED) is 0.702. The van der Waals surface area contributed by atoms with Crippen molar-refractivity contribution in [3.8, 4) is 0 Å². The lowest BCUT2D eigenvalue weighted by Crippen LogP contribution is -2.43. The van der Waals surface area contributed by atoms with E-state index in [0.29, 0.717) is 12.2 Å². The number of aromatic amines is 1. The van der Waals surface area contributed by atoms with Gasteiger partial charge in [-0.3, -0.25) is 4.79 Å². The predicted molar refractivity (Wildman–Crippen MR) is 67.5 cm³/mol. The fourth-order valence-electron chi connectivity index (χ4n) is 1.53. The first-order chi connectivity index (χ1) is 7.82. The van der Waals surface area contributed by atoms with Gasteiger partial charge in [0, 0.05) is 13.1 Å². The number of likely N-dealkylation sites (N-methyl/N-ethyl adjacent to an activating group) is 1. The van der Waals surface area contributed by atoms with Gasteiger partial charge in [-0.1, -0.05) is 11.6 Å². The molecule has 0 amide bonds. The summed E-state index contributed by atoms with van der Waals surface area (Å²) in [6.07, 6.45) is 1.41. The van der Waals surface area contributed by atoms with Crippen LogP contribution in [0, 0.1) is 0 Å². The molecule has 0 aliphatic rings. The zero-order chi connectivity index (χ0) is 13.1. The number of hydrogen-bond acceptors (Lipinski definition) is 5. The highest BCUT2D eigenvalue weighted by Gasteiger charge is 2.21. The van der Waals surface area contributed by atoms with Crippen LogP contribution in [0.2, 0.25) is 5.02 Å². The number of hydrogen-bond donors (Lipinski definition) is 3. The third-order valence-electron chi connectivity index (χ3n) is 2.11. The van der Waals surface area contributed by atoms with E-state index in [-0.39, 0.29) is 11.6 Å². The lowest BCUT2D eigenvalue weighted by molar-refractivity contribution is 0.0460. The summed E-state index contributed by atoms with van der Waals surface area (Å²) in [4.78, 5) is 13.1. The van der Waals surface area contributed by atoms with Crippen molar-refractivity contribution >= 4 is 17.3 Å². The number of nitrogens with one attached hydrogen (secondary N) is 2. The molecule has 1 unspecified atom stereocenters. The Morgan fingerprint density at radius 3 is 2.88 bits per heavy atom. The summed E-state index contributed by atoms with van der Waals surface area (Å²) in [5.74, 6) is 0. The molecule has 1 atom stereocenters. The highest BCUT2D eigenvalue weighted by Crippen LogP contribution is 2.15. The summed E-state index contributed by atoms with van der Waals surface area (Å²) >= 11 is 5.79. The molecule has 0 saturated heterocycles. The van der Waals surface area contributed by atoms with Gasteiger partial charge in [0.15, 0.2) is 0 Å². The van der Waals surface area contributed by atoms with Gasteiger partial charge in [-0.25, -0.2) is 5.10 Å². The number of aromatic nitrogens is 2. The molecule has 0 fully saturated rings. The molecule has 0 spiro atoms. The van der Waals surface area contributed by atoms with Gasteiger partial charge in [0.2, 0.25) is 0 Å². The molecule has 3 N–H and O–H groups in total. The summed E-state index contributed by atoms with van der Waals surface area (Å²) in [5, 5.41) is 18.9. The Morgan fingerprint density at radius 2 is 2.29 bits per heavy atom. The van der Waals surface area contributed by atoms with E-state index in [4.69, 9.17) is 11.6 Å². The maximum absolute atomic E-state index is 11.2. The van der Waals surface area contributed by atoms with Crippen LogP contribution < -0.4 is 10.9 Å². The second-order valence-electron chi connectivity index (χ2n) is 4.52. The fourth-order valence-corrected chi connectivity index (χ4v) is 1.69. The Morgan fingerprint density at radius 1 is 1.65 bits per heavy atom. The molecular weight excluding hydrogens is 244 g/mol. The SMILES string of the molecule is CN(C)CC(C)(O)CNc1cn[nH]c(=O)c1Cl. The van der Waals surface area contributed by atoms with E-state index in [1.54, 1.807) is 6.92 Å². The van der Waals surface area contributed by atoms with Crippen molar-refractivity contribution < 1.29 is 5.11 Å². The fraction of sp³-hybridized carbons (Fsp3) is 0.600. The molecule has 0 aliphatic carbocycles. The van der Waals surface area contributed by atoms with Crippen LogP contribution in [0.1, 0.15) is 6.92 Å². The normalized spacial score (nSPS) is 14.7. The van der Waals surface area contributed by atoms with Crippen molar-refractivity contribution in [2.45, 2.75) is 12.5 Å². The third-order valence-corrected chi connectivity index (χ3v) is 2.49. The van der Waals surface area contributed by atoms with Crippen LogP contribution in [-0.4, -0.2) is 53.0 Å². The number of halogens is 1. The van der Waals surface area contributed by atoms with Gasteiger partial charge in [-0.15, -0.1) is 0 Å². The Labute approximate surface area is 105 Å². The second kappa shape index (κ2) is 5.48. The Bertz CT molecular complexity index is 431. The van der Waals surface area contributed by atoms with Gasteiger partial charge < -0.3 is 15.3 Å². The Hall–Kier alpha value is -1.11. The van der Waals surface area contributed by atoms with Crippen molar-refractivity contribution in [2.75, 3.05) is 32.5 Å². The summed E-state index contributed by atoms with van der Waals surface area (Å²) in [6, 6.07) is 0. The van der Waals surface area contributed by atoms with E-state index in [1.807, 2.05) is 19.0 Å². The van der Waals surface area contributed by atoms with Gasteiger partial charge in [0.05, 0.1) is 17.5 Å². The average Bonchev–Trinajstić information content (AvgIpc) is 2.18. The Kier molecular flexibility index (Phi) is 4.50. The summed E-state index contributed by atoms with van der Waals surface area (Å²) < 4.78 is 0. The first-order valence-electron chi connectivity index (χ1n) is 5.16. The highest BCUT2D eigenvalue weighted by molar-refractivity contribution is 6.32. The van der Waals surface area contributed by atoms with Gasteiger partial charge in [0.1, 0.15) is 5.02 Å². The maximum Gasteiger partial charge on any atom is 0.285 e. The minimum absolute atomic E-state index is 0.0423. The third kappa shape index (κ3) is 4.33. The monoisotopic (exact) mass is 260 g/mol. The molecule has 17 heavy (non-hydrogen) atoms. The topological polar surface area (TPSA) is 81.2 Å². The van der Waals surface area contributed by atoms with Crippen molar-refractivity contribution in [2.24, 2.45) is 0 Å². The predicted octanol–water partition coefficient (Wildman–Crippen LogP) is 0.148. The van der Waals surface area contributed by atoms with E-state index in [1.165, 1.54) is 6.20 Å². The molecule has 0 bridgehead atoms. The summed E-state index contributed by atoms with van der Waals surface area (Å²) in [6.45, 7) is 2.47. The van der Waals surface area contributed by atoms with Crippen LogP contribution in [0.5, 0.6) is 0 Å². The van der Waals surface area contributed by atoms with E-state index in [2.05, 4.69) is 15.5 Å². The van der Waals surface area contributed by atoms with Crippen molar-refractivity contribution in [3.05, 3.63) is 21.6 Å². The van der Waals surface area contributed by atoms with E-state index in [9.17, 15) is 9.90 Å². The second-order valence-corrected chi connectivity index (χ2v) is 4.89. The van der Waals surface area contributed by atoms with Crippen LogP contribution in [0.15, 0.2) is 11.0 Å². The molecule has 1 aromatic rings. The average molecular weight is 261 g/mol. The molecule has 0 aliphatic heterocycles. The molecule has 6 nitrogen and oxygen atoms in total. The zero-order valence-corrected chi connectivity index (χ0v) is 10.9. The van der Waals surface area contributed by atoms with Gasteiger partial charge in [-0.05, 0) is 21.0 Å². The van der Waals surface area contributed by atoms with Crippen LogP contribution in [0.3, 0.4) is 0 Å². The molecule has 1 rings (SSSR count). The first kappa shape index (κ1) is 14.0. The standard InChI is InChI=1S/C10H17ClN4O2/c1-10(17,6-15(2)3)5-12-7-4-13-14-9(16)8(7)11/h4,17H,5-6H2,1-3H3,(H2,12,14,16). The molecule has 0 aromatic carbocycles. The highest BCUT2D eigenvalue weighted by atomic mass is 35.5. The molecule has 1 aromatic heterocycles. The molecule has 1 heterocycles. The molecule has 7 heteroatoms. The number of aliphatic hydroxyl groups is 1. The number of rotatable bonds is 5. The van der Waals surface area contributed by atoms with Crippen LogP contribution >= 0.6 is 11.6 Å². The van der Waals surface area contributed by atoms with Crippen LogP contribution in [0.4, 0.5) is 5.69 Å². The number of anilines is 1. The summed E-state index contributed by atoms with van der Waals surface area (Å²) in [7, 11) is 3.74. The molecular formula is C10H17ClN4O2. The lowest BCUT2D eigenvalue weighted by Gasteiger charge is -2.27. The van der Waals surface area contributed by atoms with E-state index in [0.717, 1.165) is 0 Å². The van der Waals surface area contributed by atoms with Gasteiger partial charge in [0.25, 0.3) is 5.56 Å². The maximum atomic E-state index is 11.2. The molecule has 0 saturated carbocycles. The zero-order valence-electron chi connectivity index (χ0n) is 10.1. The van der Waals surface area contributed by atoms with E-state index < -0.39 is 11.2 Å². The minimum Gasteiger partial charge on any atom is -0.387 e. The smallest absolute Gasteiger partial charge is 0.285 e. The van der Waals surface area contributed by atoms with Crippen LogP contribution in [0.25, 0.3) is 0 Å². The van der Waals surface area contributed by atoms with Gasteiger partial charge >= 0.3 is 0 Å². The molecule has 0 radical (unpaired) electrons. The number of H-pyrrole nitrogens is 1. The van der Waals surface area contributed by atoms with Crippen molar-refractivity contribution in [3.63, 3.8) is 0 Å². The summed E-state index contributed by atoms with van der Waals surface area (Å²) in [5.41, 5.74) is -0.964. The Balaban J connectivity index is 2.67. The number of nitrogens with zero attached hydrogens (tertiary/aromatic N) is 2. The van der Waals surface area contributed by atoms with Crippen molar-refractivity contribution in [1.82, 2.24) is 15.1 Å². The van der Waals surface area contributed by atoms with Crippen molar-refractivity contribution in [1.29, 1.82) is 0 Å². The first-order valence-corrected chi connectivity index (χ1v) is 5.54. The van der Waals surface area contributed by atoms with Gasteiger partial charge in [-0.2, -0.15) is 5.10 Å². The van der Waals surface area contributed by atoms with E-state index >= 15 is 0 Å². The lowest BCUT2D eigenvalue weighted by atomic mass is 10.1.